The Morgan fingerprint density at radius 2 is 1.52 bits per heavy atom. The zero-order valence-corrected chi connectivity index (χ0v) is 18.4. The Morgan fingerprint density at radius 1 is 0.758 bits per heavy atom. The highest BCUT2D eigenvalue weighted by molar-refractivity contribution is 6.07. The number of fused-ring (bicyclic) bond motifs is 1. The first kappa shape index (κ1) is 21.7. The summed E-state index contributed by atoms with van der Waals surface area (Å²) in [6.07, 6.45) is 0. The number of aryl methyl sites for hydroxylation is 2. The number of aromatic nitrogens is 3. The predicted octanol–water partition coefficient (Wildman–Crippen LogP) is 4.58. The maximum atomic E-state index is 12.8. The highest BCUT2D eigenvalue weighted by Gasteiger charge is 2.12. The lowest BCUT2D eigenvalue weighted by atomic mass is 10.1. The smallest absolute Gasteiger partial charge is 0.326 e. The molecule has 9 heteroatoms. The molecular formula is C24H23N7O2. The minimum absolute atomic E-state index is 0.118. The van der Waals surface area contributed by atoms with E-state index < -0.39 is 6.03 Å². The number of nitrogens with zero attached hydrogens (tertiary/aromatic N) is 3. The van der Waals surface area contributed by atoms with Crippen LogP contribution in [0, 0.1) is 13.8 Å². The van der Waals surface area contributed by atoms with Gasteiger partial charge in [-0.1, -0.05) is 36.4 Å². The molecule has 0 aliphatic rings. The second kappa shape index (κ2) is 9.31. The van der Waals surface area contributed by atoms with Crippen molar-refractivity contribution in [3.63, 3.8) is 0 Å². The van der Waals surface area contributed by atoms with Crippen molar-refractivity contribution in [3.8, 4) is 0 Å². The number of carbonyl (C=O) groups excluding carboxylic acids is 2. The summed E-state index contributed by atoms with van der Waals surface area (Å²) in [5.41, 5.74) is 2.41. The molecule has 166 valence electrons. The first-order chi connectivity index (χ1) is 15.9. The van der Waals surface area contributed by atoms with Crippen molar-refractivity contribution < 1.29 is 9.59 Å². The molecule has 9 nitrogen and oxygen atoms in total. The average Bonchev–Trinajstić information content (AvgIpc) is 2.79. The zero-order chi connectivity index (χ0) is 23.4. The summed E-state index contributed by atoms with van der Waals surface area (Å²) in [5, 5.41) is 13.2. The Labute approximate surface area is 190 Å². The van der Waals surface area contributed by atoms with Crippen LogP contribution in [0.1, 0.15) is 21.7 Å². The van der Waals surface area contributed by atoms with Gasteiger partial charge < -0.3 is 16.0 Å². The fraction of sp³-hybridized carbons (Fsp3) is 0.125. The van der Waals surface area contributed by atoms with E-state index in [4.69, 9.17) is 0 Å². The van der Waals surface area contributed by atoms with Gasteiger partial charge in [0.15, 0.2) is 0 Å². The van der Waals surface area contributed by atoms with E-state index in [2.05, 4.69) is 36.2 Å². The Morgan fingerprint density at radius 3 is 2.30 bits per heavy atom. The third-order valence-electron chi connectivity index (χ3n) is 4.95. The number of rotatable bonds is 5. The molecule has 0 fully saturated rings. The molecular weight excluding hydrogens is 418 g/mol. The molecule has 0 unspecified atom stereocenters. The fourth-order valence-electron chi connectivity index (χ4n) is 3.27. The molecule has 0 atom stereocenters. The molecule has 0 spiro atoms. The van der Waals surface area contributed by atoms with Crippen LogP contribution in [0.25, 0.3) is 10.8 Å². The van der Waals surface area contributed by atoms with E-state index in [1.807, 2.05) is 49.4 Å². The molecule has 0 radical (unpaired) electrons. The lowest BCUT2D eigenvalue weighted by molar-refractivity contribution is 0.102. The number of amides is 3. The lowest BCUT2D eigenvalue weighted by Gasteiger charge is -2.12. The normalized spacial score (nSPS) is 10.5. The maximum absolute atomic E-state index is 12.8. The molecule has 4 rings (SSSR count). The van der Waals surface area contributed by atoms with Gasteiger partial charge in [-0.25, -0.2) is 4.79 Å². The second-order valence-electron chi connectivity index (χ2n) is 7.40. The minimum atomic E-state index is -0.530. The topological polar surface area (TPSA) is 121 Å². The van der Waals surface area contributed by atoms with Crippen LogP contribution in [-0.2, 0) is 0 Å². The summed E-state index contributed by atoms with van der Waals surface area (Å²) in [6, 6.07) is 18.3. The van der Waals surface area contributed by atoms with Crippen LogP contribution < -0.4 is 21.3 Å². The van der Waals surface area contributed by atoms with Crippen molar-refractivity contribution in [3.05, 3.63) is 77.6 Å². The number of benzene rings is 3. The van der Waals surface area contributed by atoms with E-state index in [1.165, 1.54) is 0 Å². The maximum Gasteiger partial charge on any atom is 0.326 e. The molecule has 3 amide bonds. The number of nitrogens with one attached hydrogen (secondary N) is 4. The summed E-state index contributed by atoms with van der Waals surface area (Å²) in [6.45, 7) is 3.54. The summed E-state index contributed by atoms with van der Waals surface area (Å²) >= 11 is 0. The van der Waals surface area contributed by atoms with Gasteiger partial charge in [0.2, 0.25) is 11.9 Å². The SMILES string of the molecule is CNc1nc(C)nc(NC(=O)Nc2cc(C(=O)Nc3ccc4ccccc4c3)ccc2C)n1. The molecule has 4 aromatic rings. The van der Waals surface area contributed by atoms with Crippen LogP contribution in [0.2, 0.25) is 0 Å². The summed E-state index contributed by atoms with van der Waals surface area (Å²) in [7, 11) is 1.68. The lowest BCUT2D eigenvalue weighted by Crippen LogP contribution is -2.22. The van der Waals surface area contributed by atoms with E-state index in [0.29, 0.717) is 28.7 Å². The molecule has 0 bridgehead atoms. The van der Waals surface area contributed by atoms with Gasteiger partial charge in [-0.15, -0.1) is 0 Å². The Kier molecular flexibility index (Phi) is 6.12. The van der Waals surface area contributed by atoms with Crippen LogP contribution in [0.4, 0.5) is 28.1 Å². The van der Waals surface area contributed by atoms with Crippen molar-refractivity contribution in [1.82, 2.24) is 15.0 Å². The van der Waals surface area contributed by atoms with Crippen molar-refractivity contribution >= 4 is 46.0 Å². The van der Waals surface area contributed by atoms with Crippen molar-refractivity contribution in [2.45, 2.75) is 13.8 Å². The van der Waals surface area contributed by atoms with Crippen molar-refractivity contribution in [1.29, 1.82) is 0 Å². The van der Waals surface area contributed by atoms with Gasteiger partial charge in [-0.05, 0) is 54.4 Å². The molecule has 4 N–H and O–H groups in total. The largest absolute Gasteiger partial charge is 0.357 e. The average molecular weight is 441 g/mol. The molecule has 0 saturated heterocycles. The quantitative estimate of drug-likeness (QED) is 0.360. The number of urea groups is 1. The van der Waals surface area contributed by atoms with E-state index >= 15 is 0 Å². The van der Waals surface area contributed by atoms with E-state index in [-0.39, 0.29) is 11.9 Å². The number of carbonyl (C=O) groups is 2. The summed E-state index contributed by atoms with van der Waals surface area (Å²) in [4.78, 5) is 37.6. The Bertz CT molecular complexity index is 1350. The predicted molar refractivity (Wildman–Crippen MR) is 130 cm³/mol. The number of anilines is 4. The van der Waals surface area contributed by atoms with Crippen molar-refractivity contribution in [2.24, 2.45) is 0 Å². The summed E-state index contributed by atoms with van der Waals surface area (Å²) in [5.74, 6) is 0.655. The van der Waals surface area contributed by atoms with Crippen LogP contribution >= 0.6 is 0 Å². The molecule has 0 aliphatic heterocycles. The molecule has 0 saturated carbocycles. The highest BCUT2D eigenvalue weighted by Crippen LogP contribution is 2.21. The second-order valence-corrected chi connectivity index (χ2v) is 7.40. The number of hydrogen-bond donors (Lipinski definition) is 4. The Balaban J connectivity index is 1.48. The zero-order valence-electron chi connectivity index (χ0n) is 18.4. The van der Waals surface area contributed by atoms with Gasteiger partial charge in [0, 0.05) is 24.0 Å². The standard InChI is InChI=1S/C24H23N7O2/c1-14-8-9-18(21(32)28-19-11-10-16-6-4-5-7-17(16)12-19)13-20(14)29-24(33)31-23-27-15(2)26-22(25-3)30-23/h4-13H,1-3H3,(H,28,32)(H3,25,26,27,29,30,31,33). The highest BCUT2D eigenvalue weighted by atomic mass is 16.2. The molecule has 1 aromatic heterocycles. The van der Waals surface area contributed by atoms with E-state index in [1.54, 1.807) is 32.2 Å². The third-order valence-corrected chi connectivity index (χ3v) is 4.95. The monoisotopic (exact) mass is 441 g/mol. The van der Waals surface area contributed by atoms with Crippen LogP contribution in [-0.4, -0.2) is 33.9 Å². The van der Waals surface area contributed by atoms with Gasteiger partial charge >= 0.3 is 6.03 Å². The van der Waals surface area contributed by atoms with Gasteiger partial charge in [0.05, 0.1) is 0 Å². The van der Waals surface area contributed by atoms with Gasteiger partial charge in [0.25, 0.3) is 5.91 Å². The van der Waals surface area contributed by atoms with Crippen molar-refractivity contribution in [2.75, 3.05) is 28.3 Å². The first-order valence-corrected chi connectivity index (χ1v) is 10.3. The number of hydrogen-bond acceptors (Lipinski definition) is 6. The summed E-state index contributed by atoms with van der Waals surface area (Å²) < 4.78 is 0. The molecule has 33 heavy (non-hydrogen) atoms. The van der Waals surface area contributed by atoms with Crippen LogP contribution in [0.15, 0.2) is 60.7 Å². The third kappa shape index (κ3) is 5.21. The minimum Gasteiger partial charge on any atom is -0.357 e. The first-order valence-electron chi connectivity index (χ1n) is 10.3. The fourth-order valence-corrected chi connectivity index (χ4v) is 3.27. The van der Waals surface area contributed by atoms with Gasteiger partial charge in [-0.3, -0.25) is 10.1 Å². The molecule has 1 heterocycles. The van der Waals surface area contributed by atoms with E-state index in [0.717, 1.165) is 16.3 Å². The van der Waals surface area contributed by atoms with Gasteiger partial charge in [0.1, 0.15) is 5.82 Å². The van der Waals surface area contributed by atoms with E-state index in [9.17, 15) is 9.59 Å². The van der Waals surface area contributed by atoms with Gasteiger partial charge in [-0.2, -0.15) is 15.0 Å². The molecule has 0 aliphatic carbocycles. The molecule has 3 aromatic carbocycles. The Hall–Kier alpha value is -4.53. The van der Waals surface area contributed by atoms with Crippen LogP contribution in [0.3, 0.4) is 0 Å². The van der Waals surface area contributed by atoms with Crippen LogP contribution in [0.5, 0.6) is 0 Å².